The summed E-state index contributed by atoms with van der Waals surface area (Å²) in [6, 6.07) is 6.78. The highest BCUT2D eigenvalue weighted by Crippen LogP contribution is 2.41. The first-order chi connectivity index (χ1) is 14.0. The van der Waals surface area contributed by atoms with E-state index < -0.39 is 0 Å². The number of carbonyl (C=O) groups is 2. The number of ether oxygens (including phenoxy) is 2. The van der Waals surface area contributed by atoms with Crippen LogP contribution in [0.25, 0.3) is 0 Å². The number of carbonyl (C=O) groups excluding carboxylic acids is 2. The first kappa shape index (κ1) is 21.9. The topological polar surface area (TPSA) is 52.6 Å². The van der Waals surface area contributed by atoms with Crippen molar-refractivity contribution in [2.75, 3.05) is 0 Å². The van der Waals surface area contributed by atoms with Crippen LogP contribution < -0.4 is 9.47 Å². The number of unbranched alkanes of at least 4 members (excludes halogenated alkanes) is 1. The third-order valence-corrected chi connectivity index (χ3v) is 6.84. The molecule has 0 aromatic heterocycles. The molecule has 0 saturated heterocycles. The molecule has 0 N–H and O–H groups in total. The van der Waals surface area contributed by atoms with Gasteiger partial charge in [0, 0.05) is 6.42 Å². The van der Waals surface area contributed by atoms with E-state index in [2.05, 4.69) is 6.92 Å². The van der Waals surface area contributed by atoms with Gasteiger partial charge in [0.25, 0.3) is 0 Å². The van der Waals surface area contributed by atoms with Crippen LogP contribution >= 0.6 is 0 Å². The van der Waals surface area contributed by atoms with Gasteiger partial charge in [0.15, 0.2) is 0 Å². The summed E-state index contributed by atoms with van der Waals surface area (Å²) in [7, 11) is 0. The molecule has 0 amide bonds. The third kappa shape index (κ3) is 6.58. The number of benzene rings is 1. The van der Waals surface area contributed by atoms with Crippen LogP contribution in [0.2, 0.25) is 0 Å². The quantitative estimate of drug-likeness (QED) is 0.397. The van der Waals surface area contributed by atoms with Gasteiger partial charge >= 0.3 is 11.9 Å². The second kappa shape index (κ2) is 10.8. The van der Waals surface area contributed by atoms with Gasteiger partial charge < -0.3 is 9.47 Å². The monoisotopic (exact) mass is 400 g/mol. The van der Waals surface area contributed by atoms with Crippen LogP contribution in [0, 0.1) is 23.7 Å². The molecule has 1 aromatic carbocycles. The highest BCUT2D eigenvalue weighted by Gasteiger charge is 2.33. The van der Waals surface area contributed by atoms with Gasteiger partial charge in [-0.1, -0.05) is 33.1 Å². The molecule has 0 unspecified atom stereocenters. The molecule has 2 aliphatic rings. The summed E-state index contributed by atoms with van der Waals surface area (Å²) < 4.78 is 10.9. The van der Waals surface area contributed by atoms with Crippen molar-refractivity contribution in [2.24, 2.45) is 23.7 Å². The van der Waals surface area contributed by atoms with Crippen LogP contribution in [0.4, 0.5) is 0 Å². The molecule has 2 fully saturated rings. The average molecular weight is 401 g/mol. The Hall–Kier alpha value is -1.84. The summed E-state index contributed by atoms with van der Waals surface area (Å²) in [4.78, 5) is 24.3. The van der Waals surface area contributed by atoms with Gasteiger partial charge in [0.1, 0.15) is 11.5 Å². The van der Waals surface area contributed by atoms with Gasteiger partial charge in [-0.3, -0.25) is 9.59 Å². The summed E-state index contributed by atoms with van der Waals surface area (Å²) in [6.07, 6.45) is 11.9. The molecule has 3 rings (SSSR count). The second-order valence-corrected chi connectivity index (χ2v) is 9.10. The minimum absolute atomic E-state index is 0.0142. The predicted octanol–water partition coefficient (Wildman–Crippen LogP) is 6.32. The number of hydrogen-bond donors (Lipinski definition) is 0. The average Bonchev–Trinajstić information content (AvgIpc) is 2.74. The van der Waals surface area contributed by atoms with E-state index in [9.17, 15) is 9.59 Å². The van der Waals surface area contributed by atoms with Crippen LogP contribution in [0.1, 0.15) is 84.5 Å². The molecule has 1 aromatic rings. The van der Waals surface area contributed by atoms with E-state index in [1.165, 1.54) is 25.7 Å². The fourth-order valence-electron chi connectivity index (χ4n) is 4.86. The lowest BCUT2D eigenvalue weighted by Crippen LogP contribution is -2.29. The highest BCUT2D eigenvalue weighted by molar-refractivity contribution is 5.75. The Morgan fingerprint density at radius 3 is 1.90 bits per heavy atom. The van der Waals surface area contributed by atoms with E-state index in [0.29, 0.717) is 17.9 Å². The normalized spacial score (nSPS) is 27.2. The maximum Gasteiger partial charge on any atom is 0.314 e. The number of rotatable bonds is 7. The zero-order valence-electron chi connectivity index (χ0n) is 18.0. The number of esters is 2. The van der Waals surface area contributed by atoms with E-state index in [4.69, 9.17) is 9.47 Å². The molecule has 0 heterocycles. The predicted molar refractivity (Wildman–Crippen MR) is 114 cm³/mol. The summed E-state index contributed by atoms with van der Waals surface area (Å²) >= 11 is 0. The maximum atomic E-state index is 12.6. The van der Waals surface area contributed by atoms with E-state index in [1.807, 2.05) is 6.92 Å². The van der Waals surface area contributed by atoms with Gasteiger partial charge in [-0.15, -0.1) is 0 Å². The molecule has 29 heavy (non-hydrogen) atoms. The molecule has 0 atom stereocenters. The van der Waals surface area contributed by atoms with Gasteiger partial charge in [0.2, 0.25) is 0 Å². The Morgan fingerprint density at radius 1 is 0.828 bits per heavy atom. The summed E-state index contributed by atoms with van der Waals surface area (Å²) in [5.41, 5.74) is 0. The van der Waals surface area contributed by atoms with Crippen LogP contribution in [0.3, 0.4) is 0 Å². The van der Waals surface area contributed by atoms with E-state index in [0.717, 1.165) is 56.3 Å². The Balaban J connectivity index is 1.42. The summed E-state index contributed by atoms with van der Waals surface area (Å²) in [5.74, 6) is 3.25. The van der Waals surface area contributed by atoms with Crippen molar-refractivity contribution in [3.63, 3.8) is 0 Å². The highest BCUT2D eigenvalue weighted by atomic mass is 16.5. The fourth-order valence-corrected chi connectivity index (χ4v) is 4.86. The molecule has 0 radical (unpaired) electrons. The Labute approximate surface area is 175 Å². The Kier molecular flexibility index (Phi) is 8.14. The van der Waals surface area contributed by atoms with Crippen molar-refractivity contribution in [1.82, 2.24) is 0 Å². The lowest BCUT2D eigenvalue weighted by molar-refractivity contribution is -0.140. The molecular weight excluding hydrogens is 364 g/mol. The molecule has 4 heteroatoms. The van der Waals surface area contributed by atoms with Crippen LogP contribution in [0.5, 0.6) is 11.5 Å². The largest absolute Gasteiger partial charge is 0.427 e. The van der Waals surface area contributed by atoms with Crippen molar-refractivity contribution in [2.45, 2.75) is 84.5 Å². The van der Waals surface area contributed by atoms with Crippen LogP contribution in [-0.2, 0) is 9.59 Å². The molecule has 4 nitrogen and oxygen atoms in total. The first-order valence-electron chi connectivity index (χ1n) is 11.6. The number of hydrogen-bond acceptors (Lipinski definition) is 4. The minimum Gasteiger partial charge on any atom is -0.427 e. The molecule has 2 aliphatic carbocycles. The zero-order chi connectivity index (χ0) is 20.6. The molecule has 0 bridgehead atoms. The molecule has 0 spiro atoms. The van der Waals surface area contributed by atoms with Crippen molar-refractivity contribution in [3.05, 3.63) is 24.3 Å². The van der Waals surface area contributed by atoms with E-state index >= 15 is 0 Å². The second-order valence-electron chi connectivity index (χ2n) is 9.10. The smallest absolute Gasteiger partial charge is 0.314 e. The van der Waals surface area contributed by atoms with Crippen LogP contribution in [-0.4, -0.2) is 11.9 Å². The lowest BCUT2D eigenvalue weighted by Gasteiger charge is -2.36. The standard InChI is InChI=1S/C25H36O4/c1-3-4-5-24(26)28-22-14-16-23(17-15-22)29-25(27)21-12-10-20(11-13-21)19-8-6-18(2)7-9-19/h14-21H,3-13H2,1-2H3. The van der Waals surface area contributed by atoms with E-state index in [-0.39, 0.29) is 17.9 Å². The van der Waals surface area contributed by atoms with Crippen molar-refractivity contribution >= 4 is 11.9 Å². The van der Waals surface area contributed by atoms with Gasteiger partial charge in [0.05, 0.1) is 5.92 Å². The molecule has 2 saturated carbocycles. The van der Waals surface area contributed by atoms with E-state index in [1.54, 1.807) is 24.3 Å². The molecule has 160 valence electrons. The summed E-state index contributed by atoms with van der Waals surface area (Å²) in [6.45, 7) is 4.41. The van der Waals surface area contributed by atoms with Gasteiger partial charge in [-0.2, -0.15) is 0 Å². The maximum absolute atomic E-state index is 12.6. The lowest BCUT2D eigenvalue weighted by atomic mass is 9.69. The zero-order valence-corrected chi connectivity index (χ0v) is 18.0. The van der Waals surface area contributed by atoms with Crippen LogP contribution in [0.15, 0.2) is 24.3 Å². The first-order valence-corrected chi connectivity index (χ1v) is 11.6. The molecule has 0 aliphatic heterocycles. The molecular formula is C25H36O4. The summed E-state index contributed by atoms with van der Waals surface area (Å²) in [5, 5.41) is 0. The fraction of sp³-hybridized carbons (Fsp3) is 0.680. The van der Waals surface area contributed by atoms with Gasteiger partial charge in [-0.25, -0.2) is 0 Å². The van der Waals surface area contributed by atoms with Gasteiger partial charge in [-0.05, 0) is 87.0 Å². The SMILES string of the molecule is CCCCC(=O)Oc1ccc(OC(=O)C2CCC(C3CCC(C)CC3)CC2)cc1. The van der Waals surface area contributed by atoms with Crippen molar-refractivity contribution < 1.29 is 19.1 Å². The minimum atomic E-state index is -0.222. The third-order valence-electron chi connectivity index (χ3n) is 6.84. The van der Waals surface area contributed by atoms with Crippen molar-refractivity contribution in [1.29, 1.82) is 0 Å². The Bertz CT molecular complexity index is 650. The van der Waals surface area contributed by atoms with Crippen molar-refractivity contribution in [3.8, 4) is 11.5 Å². The Morgan fingerprint density at radius 2 is 1.34 bits per heavy atom.